The fraction of sp³-hybridized carbons (Fsp3) is 0.188. The Bertz CT molecular complexity index is 630. The smallest absolute Gasteiger partial charge is 0.336 e. The normalized spacial score (nSPS) is 10.3. The number of phenolic OH excluding ortho intramolecular Hbond substituents is 1. The van der Waals surface area contributed by atoms with Crippen LogP contribution >= 0.6 is 0 Å². The van der Waals surface area contributed by atoms with E-state index in [4.69, 9.17) is 4.74 Å². The van der Waals surface area contributed by atoms with Gasteiger partial charge in [0.15, 0.2) is 0 Å². The minimum Gasteiger partial charge on any atom is -0.508 e. The third kappa shape index (κ3) is 2.59. The highest BCUT2D eigenvalue weighted by Gasteiger charge is 2.15. The van der Waals surface area contributed by atoms with E-state index < -0.39 is 5.97 Å². The third-order valence-corrected chi connectivity index (χ3v) is 3.23. The van der Waals surface area contributed by atoms with Crippen LogP contribution in [0, 0.1) is 0 Å². The number of benzene rings is 2. The van der Waals surface area contributed by atoms with Crippen LogP contribution in [-0.4, -0.2) is 23.3 Å². The van der Waals surface area contributed by atoms with Gasteiger partial charge in [0.05, 0.1) is 12.7 Å². The molecule has 2 rings (SSSR count). The summed E-state index contributed by atoms with van der Waals surface area (Å²) in [5, 5.41) is 19.3. The monoisotopic (exact) mass is 272 g/mol. The number of phenols is 1. The van der Waals surface area contributed by atoms with Gasteiger partial charge in [-0.15, -0.1) is 0 Å². The van der Waals surface area contributed by atoms with Gasteiger partial charge in [-0.25, -0.2) is 4.79 Å². The molecular formula is C16H16O4. The SMILES string of the molecule is CCc1cc(C(=O)O)c(-c2ccc(OC)cc2)cc1O. The van der Waals surface area contributed by atoms with Crippen molar-refractivity contribution in [2.75, 3.05) is 7.11 Å². The first-order valence-electron chi connectivity index (χ1n) is 6.30. The Morgan fingerprint density at radius 3 is 2.35 bits per heavy atom. The van der Waals surface area contributed by atoms with Gasteiger partial charge < -0.3 is 14.9 Å². The van der Waals surface area contributed by atoms with Crippen LogP contribution in [-0.2, 0) is 6.42 Å². The maximum absolute atomic E-state index is 11.4. The number of carbonyl (C=O) groups is 1. The number of carboxylic acid groups (broad SMARTS) is 1. The Kier molecular flexibility index (Phi) is 3.94. The van der Waals surface area contributed by atoms with Crippen molar-refractivity contribution in [2.45, 2.75) is 13.3 Å². The highest BCUT2D eigenvalue weighted by Crippen LogP contribution is 2.32. The molecule has 0 aliphatic rings. The van der Waals surface area contributed by atoms with Gasteiger partial charge >= 0.3 is 5.97 Å². The molecule has 4 heteroatoms. The molecule has 0 unspecified atom stereocenters. The van der Waals surface area contributed by atoms with E-state index in [2.05, 4.69) is 0 Å². The maximum atomic E-state index is 11.4. The molecule has 0 saturated heterocycles. The second kappa shape index (κ2) is 5.65. The topological polar surface area (TPSA) is 66.8 Å². The number of aromatic hydroxyl groups is 1. The molecule has 4 nitrogen and oxygen atoms in total. The van der Waals surface area contributed by atoms with Crippen molar-refractivity contribution in [1.29, 1.82) is 0 Å². The first kappa shape index (κ1) is 13.9. The highest BCUT2D eigenvalue weighted by atomic mass is 16.5. The molecule has 104 valence electrons. The Balaban J connectivity index is 2.59. The summed E-state index contributed by atoms with van der Waals surface area (Å²) in [5.41, 5.74) is 2.03. The van der Waals surface area contributed by atoms with Crippen molar-refractivity contribution in [3.8, 4) is 22.6 Å². The highest BCUT2D eigenvalue weighted by molar-refractivity contribution is 5.96. The molecule has 0 aliphatic heterocycles. The minimum atomic E-state index is -1.01. The molecule has 0 heterocycles. The van der Waals surface area contributed by atoms with Crippen molar-refractivity contribution in [2.24, 2.45) is 0 Å². The first-order chi connectivity index (χ1) is 9.56. The number of hydrogen-bond donors (Lipinski definition) is 2. The number of aryl methyl sites for hydroxylation is 1. The third-order valence-electron chi connectivity index (χ3n) is 3.23. The van der Waals surface area contributed by atoms with Crippen molar-refractivity contribution >= 4 is 5.97 Å². The van der Waals surface area contributed by atoms with Gasteiger partial charge in [0.25, 0.3) is 0 Å². The zero-order valence-corrected chi connectivity index (χ0v) is 11.4. The molecule has 0 atom stereocenters. The fourth-order valence-electron chi connectivity index (χ4n) is 2.10. The van der Waals surface area contributed by atoms with Crippen LogP contribution in [0.3, 0.4) is 0 Å². The zero-order chi connectivity index (χ0) is 14.7. The molecule has 0 amide bonds. The van der Waals surface area contributed by atoms with Gasteiger partial charge in [-0.05, 0) is 47.4 Å². The lowest BCUT2D eigenvalue weighted by molar-refractivity contribution is 0.0697. The lowest BCUT2D eigenvalue weighted by Gasteiger charge is -2.11. The predicted octanol–water partition coefficient (Wildman–Crippen LogP) is 3.33. The van der Waals surface area contributed by atoms with E-state index in [9.17, 15) is 15.0 Å². The molecule has 0 radical (unpaired) electrons. The van der Waals surface area contributed by atoms with Gasteiger partial charge in [0.2, 0.25) is 0 Å². The van der Waals surface area contributed by atoms with E-state index in [1.165, 1.54) is 12.1 Å². The van der Waals surface area contributed by atoms with Crippen LogP contribution in [0.5, 0.6) is 11.5 Å². The van der Waals surface area contributed by atoms with Gasteiger partial charge in [0.1, 0.15) is 11.5 Å². The van der Waals surface area contributed by atoms with Crippen molar-refractivity contribution < 1.29 is 19.7 Å². The summed E-state index contributed by atoms with van der Waals surface area (Å²) >= 11 is 0. The lowest BCUT2D eigenvalue weighted by Crippen LogP contribution is -2.01. The van der Waals surface area contributed by atoms with Crippen molar-refractivity contribution in [3.63, 3.8) is 0 Å². The fourth-order valence-corrected chi connectivity index (χ4v) is 2.10. The predicted molar refractivity (Wildman–Crippen MR) is 76.4 cm³/mol. The lowest BCUT2D eigenvalue weighted by atomic mass is 9.96. The Labute approximate surface area is 117 Å². The second-order valence-electron chi connectivity index (χ2n) is 4.41. The van der Waals surface area contributed by atoms with Crippen LogP contribution < -0.4 is 4.74 Å². The van der Waals surface area contributed by atoms with E-state index in [0.29, 0.717) is 23.3 Å². The van der Waals surface area contributed by atoms with Crippen LogP contribution in [0.15, 0.2) is 36.4 Å². The standard InChI is InChI=1S/C16H16O4/c1-3-10-8-14(16(18)19)13(9-15(10)17)11-4-6-12(20-2)7-5-11/h4-9,17H,3H2,1-2H3,(H,18,19). The summed E-state index contributed by atoms with van der Waals surface area (Å²) in [6.07, 6.45) is 0.578. The van der Waals surface area contributed by atoms with Crippen LogP contribution in [0.25, 0.3) is 11.1 Å². The van der Waals surface area contributed by atoms with E-state index in [1.807, 2.05) is 6.92 Å². The molecule has 0 fully saturated rings. The average Bonchev–Trinajstić information content (AvgIpc) is 2.46. The summed E-state index contributed by atoms with van der Waals surface area (Å²) in [6, 6.07) is 10.1. The molecular weight excluding hydrogens is 256 g/mol. The van der Waals surface area contributed by atoms with Crippen LogP contribution in [0.4, 0.5) is 0 Å². The number of carboxylic acids is 1. The molecule has 0 aromatic heterocycles. The second-order valence-corrected chi connectivity index (χ2v) is 4.41. The molecule has 0 spiro atoms. The van der Waals surface area contributed by atoms with E-state index in [0.717, 1.165) is 5.56 Å². The molecule has 2 N–H and O–H groups in total. The van der Waals surface area contributed by atoms with Crippen LogP contribution in [0.2, 0.25) is 0 Å². The first-order valence-corrected chi connectivity index (χ1v) is 6.30. The summed E-state index contributed by atoms with van der Waals surface area (Å²) in [6.45, 7) is 1.87. The van der Waals surface area contributed by atoms with Gasteiger partial charge in [0, 0.05) is 0 Å². The van der Waals surface area contributed by atoms with E-state index in [1.54, 1.807) is 31.4 Å². The van der Waals surface area contributed by atoms with Crippen molar-refractivity contribution in [3.05, 3.63) is 47.5 Å². The molecule has 0 saturated carbocycles. The summed E-state index contributed by atoms with van der Waals surface area (Å²) in [5.74, 6) is -0.200. The number of aromatic carboxylic acids is 1. The summed E-state index contributed by atoms with van der Waals surface area (Å²) < 4.78 is 5.08. The Morgan fingerprint density at radius 2 is 1.85 bits per heavy atom. The van der Waals surface area contributed by atoms with Crippen LogP contribution in [0.1, 0.15) is 22.8 Å². The average molecular weight is 272 g/mol. The number of ether oxygens (including phenoxy) is 1. The van der Waals surface area contributed by atoms with Gasteiger partial charge in [-0.2, -0.15) is 0 Å². The van der Waals surface area contributed by atoms with E-state index in [-0.39, 0.29) is 11.3 Å². The Hall–Kier alpha value is -2.49. The number of methoxy groups -OCH3 is 1. The number of rotatable bonds is 4. The van der Waals surface area contributed by atoms with E-state index >= 15 is 0 Å². The largest absolute Gasteiger partial charge is 0.508 e. The maximum Gasteiger partial charge on any atom is 0.336 e. The van der Waals surface area contributed by atoms with Gasteiger partial charge in [-0.1, -0.05) is 19.1 Å². The molecule has 2 aromatic carbocycles. The summed E-state index contributed by atoms with van der Waals surface area (Å²) in [4.78, 5) is 11.4. The molecule has 2 aromatic rings. The minimum absolute atomic E-state index is 0.114. The Morgan fingerprint density at radius 1 is 1.20 bits per heavy atom. The molecule has 20 heavy (non-hydrogen) atoms. The quantitative estimate of drug-likeness (QED) is 0.896. The van der Waals surface area contributed by atoms with Crippen molar-refractivity contribution in [1.82, 2.24) is 0 Å². The summed E-state index contributed by atoms with van der Waals surface area (Å²) in [7, 11) is 1.57. The number of hydrogen-bond acceptors (Lipinski definition) is 3. The molecule has 0 bridgehead atoms. The zero-order valence-electron chi connectivity index (χ0n) is 11.4. The van der Waals surface area contributed by atoms with Gasteiger partial charge in [-0.3, -0.25) is 0 Å². The molecule has 0 aliphatic carbocycles.